The largest absolute Gasteiger partial charge is 0.367 e. The Labute approximate surface area is 100 Å². The van der Waals surface area contributed by atoms with E-state index < -0.39 is 10.8 Å². The van der Waals surface area contributed by atoms with Gasteiger partial charge in [-0.1, -0.05) is 0 Å². The van der Waals surface area contributed by atoms with Crippen LogP contribution in [0, 0.1) is 0 Å². The van der Waals surface area contributed by atoms with Crippen molar-refractivity contribution in [1.29, 1.82) is 0 Å². The van der Waals surface area contributed by atoms with Crippen molar-refractivity contribution in [3.05, 3.63) is 17.0 Å². The molecule has 1 aromatic heterocycles. The van der Waals surface area contributed by atoms with Crippen molar-refractivity contribution in [2.24, 2.45) is 0 Å². The molecular weight excluding hydrogens is 278 g/mol. The fourth-order valence-corrected chi connectivity index (χ4v) is 2.07. The first-order valence-corrected chi connectivity index (χ1v) is 7.14. The van der Waals surface area contributed by atoms with Gasteiger partial charge < -0.3 is 5.32 Å². The highest BCUT2D eigenvalue weighted by molar-refractivity contribution is 9.10. The number of aromatic nitrogens is 2. The van der Waals surface area contributed by atoms with Crippen LogP contribution < -0.4 is 5.32 Å². The van der Waals surface area contributed by atoms with Crippen LogP contribution in [0.5, 0.6) is 0 Å². The summed E-state index contributed by atoms with van der Waals surface area (Å²) >= 11 is 3.27. The summed E-state index contributed by atoms with van der Waals surface area (Å²) in [5.41, 5.74) is 0. The zero-order valence-electron chi connectivity index (χ0n) is 8.74. The zero-order valence-corrected chi connectivity index (χ0v) is 11.1. The van der Waals surface area contributed by atoms with Gasteiger partial charge in [-0.2, -0.15) is 0 Å². The van der Waals surface area contributed by atoms with Crippen LogP contribution in [0.15, 0.2) is 17.0 Å². The Hall–Kier alpha value is -0.490. The summed E-state index contributed by atoms with van der Waals surface area (Å²) in [6.07, 6.45) is 4.08. The Balaban J connectivity index is 2.44. The minimum Gasteiger partial charge on any atom is -0.367 e. The second-order valence-electron chi connectivity index (χ2n) is 3.34. The maximum atomic E-state index is 10.9. The fourth-order valence-electron chi connectivity index (χ4n) is 1.08. The lowest BCUT2D eigenvalue weighted by Gasteiger charge is -2.13. The maximum absolute atomic E-state index is 10.9. The summed E-state index contributed by atoms with van der Waals surface area (Å²) in [5, 5.41) is 3.22. The third-order valence-corrected chi connectivity index (χ3v) is 3.11. The number of halogens is 1. The first kappa shape index (κ1) is 12.6. The molecule has 1 rings (SSSR count). The highest BCUT2D eigenvalue weighted by Crippen LogP contribution is 2.11. The maximum Gasteiger partial charge on any atom is 0.130 e. The third-order valence-electron chi connectivity index (χ3n) is 1.87. The number of anilines is 1. The summed E-state index contributed by atoms with van der Waals surface area (Å²) in [4.78, 5) is 8.02. The lowest BCUT2D eigenvalue weighted by Crippen LogP contribution is -2.18. The number of nitrogens with one attached hydrogen (secondary N) is 1. The minimum atomic E-state index is -0.731. The molecule has 4 nitrogen and oxygen atoms in total. The molecule has 0 fully saturated rings. The van der Waals surface area contributed by atoms with Crippen molar-refractivity contribution in [3.8, 4) is 0 Å². The van der Waals surface area contributed by atoms with E-state index in [-0.39, 0.29) is 6.04 Å². The molecule has 0 amide bonds. The molecule has 0 aliphatic heterocycles. The van der Waals surface area contributed by atoms with Crippen molar-refractivity contribution in [1.82, 2.24) is 9.97 Å². The van der Waals surface area contributed by atoms with Crippen molar-refractivity contribution in [3.63, 3.8) is 0 Å². The number of rotatable bonds is 5. The molecule has 0 aromatic carbocycles. The first-order valence-electron chi connectivity index (χ1n) is 4.62. The Morgan fingerprint density at radius 2 is 2.33 bits per heavy atom. The van der Waals surface area contributed by atoms with Crippen LogP contribution in [0.2, 0.25) is 0 Å². The minimum absolute atomic E-state index is 0.260. The molecule has 0 aliphatic carbocycles. The highest BCUT2D eigenvalue weighted by Gasteiger charge is 2.04. The van der Waals surface area contributed by atoms with Crippen molar-refractivity contribution in [2.45, 2.75) is 19.4 Å². The standard InChI is InChI=1S/C9H14BrN3OS/c1-7(3-4-15(2)14)13-9-5-8(10)11-6-12-9/h5-7H,3-4H2,1-2H3,(H,11,12,13). The molecule has 1 N–H and O–H groups in total. The Morgan fingerprint density at radius 1 is 1.60 bits per heavy atom. The number of hydrogen-bond acceptors (Lipinski definition) is 4. The monoisotopic (exact) mass is 291 g/mol. The smallest absolute Gasteiger partial charge is 0.130 e. The molecule has 84 valence electrons. The molecule has 0 saturated heterocycles. The van der Waals surface area contributed by atoms with Gasteiger partial charge >= 0.3 is 0 Å². The van der Waals surface area contributed by atoms with Gasteiger partial charge in [-0.05, 0) is 29.3 Å². The Morgan fingerprint density at radius 3 is 2.93 bits per heavy atom. The van der Waals surface area contributed by atoms with Gasteiger partial charge in [0.1, 0.15) is 16.7 Å². The molecular formula is C9H14BrN3OS. The average molecular weight is 292 g/mol. The van der Waals surface area contributed by atoms with Crippen LogP contribution in [0.25, 0.3) is 0 Å². The van der Waals surface area contributed by atoms with Gasteiger partial charge in [-0.15, -0.1) is 0 Å². The van der Waals surface area contributed by atoms with Gasteiger partial charge in [0, 0.05) is 34.9 Å². The molecule has 0 spiro atoms. The summed E-state index contributed by atoms with van der Waals surface area (Å²) in [5.74, 6) is 1.49. The van der Waals surface area contributed by atoms with E-state index in [0.717, 1.165) is 16.8 Å². The van der Waals surface area contributed by atoms with E-state index in [9.17, 15) is 4.21 Å². The van der Waals surface area contributed by atoms with Gasteiger partial charge in [-0.25, -0.2) is 9.97 Å². The van der Waals surface area contributed by atoms with Gasteiger partial charge in [-0.3, -0.25) is 4.21 Å². The van der Waals surface area contributed by atoms with Crippen molar-refractivity contribution < 1.29 is 4.21 Å². The first-order chi connectivity index (χ1) is 7.08. The molecule has 0 radical (unpaired) electrons. The lowest BCUT2D eigenvalue weighted by molar-refractivity contribution is 0.678. The second kappa shape index (κ2) is 6.17. The second-order valence-corrected chi connectivity index (χ2v) is 5.70. The van der Waals surface area contributed by atoms with Crippen LogP contribution in [0.3, 0.4) is 0 Å². The quantitative estimate of drug-likeness (QED) is 0.841. The molecule has 0 aliphatic rings. The average Bonchev–Trinajstić information content (AvgIpc) is 2.15. The molecule has 0 saturated carbocycles. The van der Waals surface area contributed by atoms with Gasteiger partial charge in [0.05, 0.1) is 0 Å². The lowest BCUT2D eigenvalue weighted by atomic mass is 10.2. The molecule has 0 bridgehead atoms. The summed E-state index contributed by atoms with van der Waals surface area (Å²) in [7, 11) is -0.731. The van der Waals surface area contributed by atoms with Gasteiger partial charge in [0.15, 0.2) is 0 Å². The fraction of sp³-hybridized carbons (Fsp3) is 0.556. The van der Waals surface area contributed by atoms with Gasteiger partial charge in [0.2, 0.25) is 0 Å². The summed E-state index contributed by atoms with van der Waals surface area (Å²) in [6, 6.07) is 2.08. The third kappa shape index (κ3) is 5.22. The van der Waals surface area contributed by atoms with Crippen molar-refractivity contribution >= 4 is 32.5 Å². The Kier molecular flexibility index (Phi) is 5.17. The van der Waals surface area contributed by atoms with Crippen molar-refractivity contribution in [2.75, 3.05) is 17.3 Å². The predicted molar refractivity (Wildman–Crippen MR) is 66.4 cm³/mol. The van der Waals surface area contributed by atoms with E-state index >= 15 is 0 Å². The van der Waals surface area contributed by atoms with Crippen LogP contribution in [-0.2, 0) is 10.8 Å². The number of nitrogens with zero attached hydrogens (tertiary/aromatic N) is 2. The van der Waals surface area contributed by atoms with Crippen LogP contribution in [0.4, 0.5) is 5.82 Å². The van der Waals surface area contributed by atoms with Gasteiger partial charge in [0.25, 0.3) is 0 Å². The van der Waals surface area contributed by atoms with E-state index in [0.29, 0.717) is 5.75 Å². The predicted octanol–water partition coefficient (Wildman–Crippen LogP) is 1.81. The van der Waals surface area contributed by atoms with E-state index in [4.69, 9.17) is 0 Å². The molecule has 1 aromatic rings. The normalized spacial score (nSPS) is 14.6. The van der Waals surface area contributed by atoms with E-state index in [1.807, 2.05) is 13.0 Å². The van der Waals surface area contributed by atoms with Crippen LogP contribution >= 0.6 is 15.9 Å². The topological polar surface area (TPSA) is 54.9 Å². The van der Waals surface area contributed by atoms with E-state index in [2.05, 4.69) is 31.2 Å². The zero-order chi connectivity index (χ0) is 11.3. The molecule has 2 atom stereocenters. The van der Waals surface area contributed by atoms with Crippen LogP contribution in [0.1, 0.15) is 13.3 Å². The molecule has 2 unspecified atom stereocenters. The van der Waals surface area contributed by atoms with E-state index in [1.165, 1.54) is 6.33 Å². The molecule has 15 heavy (non-hydrogen) atoms. The summed E-state index contributed by atoms with van der Waals surface area (Å²) < 4.78 is 11.7. The highest BCUT2D eigenvalue weighted by atomic mass is 79.9. The Bertz CT molecular complexity index is 348. The van der Waals surface area contributed by atoms with Crippen LogP contribution in [-0.4, -0.2) is 32.2 Å². The molecule has 6 heteroatoms. The van der Waals surface area contributed by atoms with E-state index in [1.54, 1.807) is 6.26 Å². The number of hydrogen-bond donors (Lipinski definition) is 1. The molecule has 1 heterocycles. The summed E-state index contributed by atoms with van der Waals surface area (Å²) in [6.45, 7) is 2.04. The SMILES string of the molecule is CC(CCS(C)=O)Nc1cc(Br)ncn1.